The summed E-state index contributed by atoms with van der Waals surface area (Å²) in [5.41, 5.74) is 0.276. The standard InChI is InChI=1S/C16H20ClN3O2/c1-3-5-16(11-22-2)6-4-7-20(16)15(21)14-13(17)8-12(9-18)10-19-14/h8,10H,3-7,11H2,1-2H3. The Morgan fingerprint density at radius 2 is 2.41 bits per heavy atom. The van der Waals surface area contributed by atoms with Gasteiger partial charge < -0.3 is 9.64 Å². The lowest BCUT2D eigenvalue weighted by Gasteiger charge is -2.38. The lowest BCUT2D eigenvalue weighted by atomic mass is 9.91. The minimum absolute atomic E-state index is 0.183. The molecule has 0 aromatic carbocycles. The highest BCUT2D eigenvalue weighted by Gasteiger charge is 2.43. The van der Waals surface area contributed by atoms with Gasteiger partial charge in [0, 0.05) is 19.9 Å². The Labute approximate surface area is 135 Å². The molecule has 1 aromatic rings. The average molecular weight is 322 g/mol. The van der Waals surface area contributed by atoms with Gasteiger partial charge in [0.15, 0.2) is 0 Å². The normalized spacial score (nSPS) is 20.9. The first kappa shape index (κ1) is 16.7. The van der Waals surface area contributed by atoms with Crippen molar-refractivity contribution >= 4 is 17.5 Å². The van der Waals surface area contributed by atoms with E-state index in [9.17, 15) is 4.79 Å². The number of hydrogen-bond acceptors (Lipinski definition) is 4. The fourth-order valence-corrected chi connectivity index (χ4v) is 3.50. The lowest BCUT2D eigenvalue weighted by Crippen LogP contribution is -2.50. The van der Waals surface area contributed by atoms with Crippen molar-refractivity contribution in [2.45, 2.75) is 38.1 Å². The number of hydrogen-bond donors (Lipinski definition) is 0. The molecule has 0 spiro atoms. The molecule has 1 aliphatic rings. The molecule has 1 aromatic heterocycles. The lowest BCUT2D eigenvalue weighted by molar-refractivity contribution is 0.0250. The summed E-state index contributed by atoms with van der Waals surface area (Å²) in [5.74, 6) is -0.183. The fourth-order valence-electron chi connectivity index (χ4n) is 3.26. The molecule has 1 fully saturated rings. The van der Waals surface area contributed by atoms with E-state index < -0.39 is 0 Å². The summed E-state index contributed by atoms with van der Waals surface area (Å²) in [7, 11) is 1.66. The number of methoxy groups -OCH3 is 1. The average Bonchev–Trinajstić information content (AvgIpc) is 2.90. The molecule has 0 aliphatic carbocycles. The molecule has 0 saturated carbocycles. The van der Waals surface area contributed by atoms with E-state index >= 15 is 0 Å². The molecule has 1 unspecified atom stereocenters. The number of pyridine rings is 1. The van der Waals surface area contributed by atoms with Crippen molar-refractivity contribution in [3.05, 3.63) is 28.5 Å². The van der Waals surface area contributed by atoms with Crippen molar-refractivity contribution in [2.75, 3.05) is 20.3 Å². The van der Waals surface area contributed by atoms with Crippen LogP contribution >= 0.6 is 11.6 Å². The van der Waals surface area contributed by atoms with E-state index in [-0.39, 0.29) is 22.2 Å². The van der Waals surface area contributed by atoms with Crippen molar-refractivity contribution < 1.29 is 9.53 Å². The summed E-state index contributed by atoms with van der Waals surface area (Å²) in [6.45, 7) is 3.30. The fraction of sp³-hybridized carbons (Fsp3) is 0.562. The van der Waals surface area contributed by atoms with Crippen LogP contribution in [0.2, 0.25) is 5.02 Å². The van der Waals surface area contributed by atoms with E-state index in [2.05, 4.69) is 11.9 Å². The predicted octanol–water partition coefficient (Wildman–Crippen LogP) is 3.03. The number of carbonyl (C=O) groups excluding carboxylic acids is 1. The number of carbonyl (C=O) groups is 1. The Bertz CT molecular complexity index is 592. The highest BCUT2D eigenvalue weighted by Crippen LogP contribution is 2.35. The zero-order chi connectivity index (χ0) is 16.2. The van der Waals surface area contributed by atoms with Crippen LogP contribution in [0.5, 0.6) is 0 Å². The van der Waals surface area contributed by atoms with Gasteiger partial charge in [0.1, 0.15) is 11.8 Å². The van der Waals surface area contributed by atoms with E-state index in [1.165, 1.54) is 12.3 Å². The monoisotopic (exact) mass is 321 g/mol. The number of likely N-dealkylation sites (tertiary alicyclic amines) is 1. The molecular weight excluding hydrogens is 302 g/mol. The van der Waals surface area contributed by atoms with Crippen LogP contribution in [0.3, 0.4) is 0 Å². The highest BCUT2D eigenvalue weighted by atomic mass is 35.5. The number of amides is 1. The van der Waals surface area contributed by atoms with Crippen molar-refractivity contribution in [1.29, 1.82) is 5.26 Å². The molecule has 6 heteroatoms. The van der Waals surface area contributed by atoms with Crippen LogP contribution in [0.15, 0.2) is 12.3 Å². The van der Waals surface area contributed by atoms with E-state index in [4.69, 9.17) is 21.6 Å². The molecule has 1 aliphatic heterocycles. The van der Waals surface area contributed by atoms with Crippen LogP contribution in [-0.4, -0.2) is 41.6 Å². The summed E-state index contributed by atoms with van der Waals surface area (Å²) in [6.07, 6.45) is 5.12. The molecule has 1 amide bonds. The van der Waals surface area contributed by atoms with Gasteiger partial charge in [-0.3, -0.25) is 4.79 Å². The van der Waals surface area contributed by atoms with Crippen molar-refractivity contribution in [1.82, 2.24) is 9.88 Å². The molecule has 2 heterocycles. The number of aromatic nitrogens is 1. The van der Waals surface area contributed by atoms with Gasteiger partial charge in [0.2, 0.25) is 0 Å². The molecule has 118 valence electrons. The first-order chi connectivity index (χ1) is 10.6. The van der Waals surface area contributed by atoms with Gasteiger partial charge in [0.05, 0.1) is 22.7 Å². The number of nitrogens with zero attached hydrogens (tertiary/aromatic N) is 3. The maximum absolute atomic E-state index is 12.9. The molecule has 0 radical (unpaired) electrons. The second-order valence-corrected chi connectivity index (χ2v) is 6.04. The molecule has 22 heavy (non-hydrogen) atoms. The van der Waals surface area contributed by atoms with Crippen LogP contribution < -0.4 is 0 Å². The minimum atomic E-state index is -0.278. The Kier molecular flexibility index (Phi) is 5.38. The van der Waals surface area contributed by atoms with Crippen molar-refractivity contribution in [3.63, 3.8) is 0 Å². The number of ether oxygens (including phenoxy) is 1. The van der Waals surface area contributed by atoms with E-state index in [1.54, 1.807) is 7.11 Å². The Hall–Kier alpha value is -1.64. The van der Waals surface area contributed by atoms with Crippen LogP contribution in [0, 0.1) is 11.3 Å². The smallest absolute Gasteiger partial charge is 0.274 e. The summed E-state index contributed by atoms with van der Waals surface area (Å²) in [5, 5.41) is 9.09. The van der Waals surface area contributed by atoms with Gasteiger partial charge in [-0.05, 0) is 25.3 Å². The van der Waals surface area contributed by atoms with Crippen LogP contribution in [-0.2, 0) is 4.74 Å². The largest absolute Gasteiger partial charge is 0.382 e. The zero-order valence-electron chi connectivity index (χ0n) is 12.9. The molecule has 1 saturated heterocycles. The summed E-state index contributed by atoms with van der Waals surface area (Å²) >= 11 is 6.14. The SMILES string of the molecule is CCCC1(COC)CCCN1C(=O)c1ncc(C#N)cc1Cl. The quantitative estimate of drug-likeness (QED) is 0.836. The van der Waals surface area contributed by atoms with Gasteiger partial charge in [-0.1, -0.05) is 24.9 Å². The van der Waals surface area contributed by atoms with Gasteiger partial charge in [-0.15, -0.1) is 0 Å². The number of nitriles is 1. The molecule has 0 bridgehead atoms. The minimum Gasteiger partial charge on any atom is -0.382 e. The highest BCUT2D eigenvalue weighted by molar-refractivity contribution is 6.33. The topological polar surface area (TPSA) is 66.2 Å². The Morgan fingerprint density at radius 3 is 3.00 bits per heavy atom. The Balaban J connectivity index is 2.33. The predicted molar refractivity (Wildman–Crippen MR) is 83.7 cm³/mol. The number of halogens is 1. The maximum atomic E-state index is 12.9. The van der Waals surface area contributed by atoms with Crippen molar-refractivity contribution in [2.24, 2.45) is 0 Å². The third-order valence-electron chi connectivity index (χ3n) is 4.14. The summed E-state index contributed by atoms with van der Waals surface area (Å²) in [4.78, 5) is 18.8. The van der Waals surface area contributed by atoms with Crippen LogP contribution in [0.1, 0.15) is 48.7 Å². The molecule has 5 nitrogen and oxygen atoms in total. The zero-order valence-corrected chi connectivity index (χ0v) is 13.7. The van der Waals surface area contributed by atoms with E-state index in [0.717, 1.165) is 25.7 Å². The second-order valence-electron chi connectivity index (χ2n) is 5.63. The molecular formula is C16H20ClN3O2. The second kappa shape index (κ2) is 7.08. The number of rotatable bonds is 5. The Morgan fingerprint density at radius 1 is 1.64 bits per heavy atom. The molecule has 2 rings (SSSR count). The van der Waals surface area contributed by atoms with Crippen LogP contribution in [0.25, 0.3) is 0 Å². The van der Waals surface area contributed by atoms with Gasteiger partial charge in [-0.25, -0.2) is 4.98 Å². The van der Waals surface area contributed by atoms with E-state index in [1.807, 2.05) is 11.0 Å². The molecule has 1 atom stereocenters. The summed E-state index contributed by atoms with van der Waals surface area (Å²) < 4.78 is 5.37. The first-order valence-electron chi connectivity index (χ1n) is 7.44. The summed E-state index contributed by atoms with van der Waals surface area (Å²) in [6, 6.07) is 3.45. The van der Waals surface area contributed by atoms with Gasteiger partial charge in [-0.2, -0.15) is 5.26 Å². The van der Waals surface area contributed by atoms with Crippen molar-refractivity contribution in [3.8, 4) is 6.07 Å². The maximum Gasteiger partial charge on any atom is 0.274 e. The van der Waals surface area contributed by atoms with Gasteiger partial charge >= 0.3 is 0 Å². The van der Waals surface area contributed by atoms with Crippen LogP contribution in [0.4, 0.5) is 0 Å². The third-order valence-corrected chi connectivity index (χ3v) is 4.43. The third kappa shape index (κ3) is 3.08. The molecule has 0 N–H and O–H groups in total. The van der Waals surface area contributed by atoms with E-state index in [0.29, 0.717) is 18.7 Å². The first-order valence-corrected chi connectivity index (χ1v) is 7.82. The van der Waals surface area contributed by atoms with Gasteiger partial charge in [0.25, 0.3) is 5.91 Å².